The molecule has 0 bridgehead atoms. The van der Waals surface area contributed by atoms with Gasteiger partial charge < -0.3 is 4.90 Å². The fourth-order valence-electron chi connectivity index (χ4n) is 4.19. The highest BCUT2D eigenvalue weighted by Crippen LogP contribution is 2.36. The number of hydrogen-bond acceptors (Lipinski definition) is 2. The van der Waals surface area contributed by atoms with Gasteiger partial charge in [0.05, 0.1) is 12.2 Å². The molecule has 0 aromatic rings. The van der Waals surface area contributed by atoms with E-state index in [2.05, 4.69) is 17.1 Å². The molecule has 3 nitrogen and oxygen atoms in total. The lowest BCUT2D eigenvalue weighted by Gasteiger charge is -2.33. The molecule has 1 heterocycles. The van der Waals surface area contributed by atoms with Gasteiger partial charge in [0.25, 0.3) is 0 Å². The number of carbonyl (C=O) groups is 1. The van der Waals surface area contributed by atoms with Crippen LogP contribution >= 0.6 is 0 Å². The van der Waals surface area contributed by atoms with Crippen LogP contribution in [0.25, 0.3) is 0 Å². The van der Waals surface area contributed by atoms with Gasteiger partial charge in [-0.25, -0.2) is 0 Å². The van der Waals surface area contributed by atoms with E-state index in [0.29, 0.717) is 24.0 Å². The largest absolute Gasteiger partial charge is 0.323 e. The van der Waals surface area contributed by atoms with E-state index in [1.165, 1.54) is 51.4 Å². The van der Waals surface area contributed by atoms with Gasteiger partial charge >= 0.3 is 0 Å². The highest BCUT2D eigenvalue weighted by molar-refractivity contribution is 5.84. The summed E-state index contributed by atoms with van der Waals surface area (Å²) in [7, 11) is 0. The predicted octanol–water partition coefficient (Wildman–Crippen LogP) is 2.66. The molecular weight excluding hydrogens is 224 g/mol. The van der Waals surface area contributed by atoms with Gasteiger partial charge in [0.15, 0.2) is 0 Å². The third-order valence-corrected chi connectivity index (χ3v) is 5.20. The molecule has 3 fully saturated rings. The van der Waals surface area contributed by atoms with Crippen LogP contribution in [0.3, 0.4) is 0 Å². The Morgan fingerprint density at radius 1 is 1.11 bits per heavy atom. The van der Waals surface area contributed by atoms with Crippen molar-refractivity contribution < 1.29 is 4.79 Å². The van der Waals surface area contributed by atoms with Crippen LogP contribution in [0.4, 0.5) is 0 Å². The summed E-state index contributed by atoms with van der Waals surface area (Å²) >= 11 is 0. The van der Waals surface area contributed by atoms with Crippen LogP contribution in [0.5, 0.6) is 0 Å². The van der Waals surface area contributed by atoms with Crippen molar-refractivity contribution in [3.63, 3.8) is 0 Å². The molecule has 1 saturated heterocycles. The molecule has 0 aromatic carbocycles. The number of hydrogen-bond donors (Lipinski definition) is 1. The van der Waals surface area contributed by atoms with Gasteiger partial charge in [-0.3, -0.25) is 10.1 Å². The van der Waals surface area contributed by atoms with Crippen molar-refractivity contribution in [3.05, 3.63) is 0 Å². The van der Waals surface area contributed by atoms with E-state index in [4.69, 9.17) is 0 Å². The van der Waals surface area contributed by atoms with Gasteiger partial charge in [-0.15, -0.1) is 0 Å². The van der Waals surface area contributed by atoms with Gasteiger partial charge in [0.1, 0.15) is 0 Å². The smallest absolute Gasteiger partial charge is 0.241 e. The van der Waals surface area contributed by atoms with Crippen LogP contribution < -0.4 is 5.32 Å². The van der Waals surface area contributed by atoms with Crippen molar-refractivity contribution in [2.24, 2.45) is 5.92 Å². The first-order chi connectivity index (χ1) is 8.81. The van der Waals surface area contributed by atoms with E-state index in [1.807, 2.05) is 0 Å². The van der Waals surface area contributed by atoms with Crippen molar-refractivity contribution in [3.8, 4) is 0 Å². The fourth-order valence-corrected chi connectivity index (χ4v) is 4.19. The predicted molar refractivity (Wildman–Crippen MR) is 72.1 cm³/mol. The van der Waals surface area contributed by atoms with E-state index < -0.39 is 0 Å². The zero-order chi connectivity index (χ0) is 12.5. The lowest BCUT2D eigenvalue weighted by molar-refractivity contribution is -0.133. The molecule has 3 heteroatoms. The van der Waals surface area contributed by atoms with Crippen LogP contribution in [0.2, 0.25) is 0 Å². The normalized spacial score (nSPS) is 34.9. The first-order valence-corrected chi connectivity index (χ1v) is 7.89. The molecule has 0 spiro atoms. The second-order valence-electron chi connectivity index (χ2n) is 6.30. The van der Waals surface area contributed by atoms with Crippen LogP contribution in [0, 0.1) is 5.92 Å². The Bertz CT molecular complexity index is 306. The maximum Gasteiger partial charge on any atom is 0.241 e. The lowest BCUT2D eigenvalue weighted by atomic mass is 10.0. The number of rotatable bonds is 3. The van der Waals surface area contributed by atoms with E-state index in [0.717, 1.165) is 6.42 Å². The maximum atomic E-state index is 12.6. The first-order valence-electron chi connectivity index (χ1n) is 7.89. The van der Waals surface area contributed by atoms with E-state index in [9.17, 15) is 4.79 Å². The van der Waals surface area contributed by atoms with Gasteiger partial charge in [-0.2, -0.15) is 0 Å². The minimum absolute atomic E-state index is 0.0937. The molecule has 1 amide bonds. The molecule has 2 atom stereocenters. The second kappa shape index (κ2) is 5.20. The summed E-state index contributed by atoms with van der Waals surface area (Å²) in [5.74, 6) is 1.10. The molecular formula is C15H26N2O. The standard InChI is InChI=1S/C15H26N2O/c1-2-13-15(18)17(12-9-5-6-10-12)14(16-13)11-7-3-4-8-11/h11-14,16H,2-10H2,1H3. The molecule has 0 aromatic heterocycles. The molecule has 18 heavy (non-hydrogen) atoms. The summed E-state index contributed by atoms with van der Waals surface area (Å²) in [4.78, 5) is 14.8. The van der Waals surface area contributed by atoms with Gasteiger partial charge in [-0.05, 0) is 38.0 Å². The average molecular weight is 250 g/mol. The second-order valence-corrected chi connectivity index (χ2v) is 6.30. The van der Waals surface area contributed by atoms with Gasteiger partial charge in [0.2, 0.25) is 5.91 Å². The van der Waals surface area contributed by atoms with E-state index in [-0.39, 0.29) is 6.04 Å². The maximum absolute atomic E-state index is 12.6. The van der Waals surface area contributed by atoms with Crippen LogP contribution in [-0.4, -0.2) is 29.1 Å². The molecule has 1 aliphatic heterocycles. The Morgan fingerprint density at radius 3 is 2.33 bits per heavy atom. The first kappa shape index (κ1) is 12.5. The Balaban J connectivity index is 1.78. The quantitative estimate of drug-likeness (QED) is 0.835. The highest BCUT2D eigenvalue weighted by Gasteiger charge is 2.45. The van der Waals surface area contributed by atoms with Crippen molar-refractivity contribution >= 4 is 5.91 Å². The minimum atomic E-state index is 0.0937. The summed E-state index contributed by atoms with van der Waals surface area (Å²) in [5.41, 5.74) is 0. The van der Waals surface area contributed by atoms with Crippen molar-refractivity contribution in [2.45, 2.75) is 83.0 Å². The zero-order valence-corrected chi connectivity index (χ0v) is 11.5. The summed E-state index contributed by atoms with van der Waals surface area (Å²) in [6.45, 7) is 2.12. The minimum Gasteiger partial charge on any atom is -0.323 e. The van der Waals surface area contributed by atoms with E-state index in [1.54, 1.807) is 0 Å². The molecule has 102 valence electrons. The summed E-state index contributed by atoms with van der Waals surface area (Å²) < 4.78 is 0. The summed E-state index contributed by atoms with van der Waals surface area (Å²) in [6.07, 6.45) is 11.7. The summed E-state index contributed by atoms with van der Waals surface area (Å²) in [6, 6.07) is 0.628. The van der Waals surface area contributed by atoms with Gasteiger partial charge in [0, 0.05) is 6.04 Å². The molecule has 2 aliphatic carbocycles. The molecule has 2 saturated carbocycles. The number of nitrogens with zero attached hydrogens (tertiary/aromatic N) is 1. The Morgan fingerprint density at radius 2 is 1.72 bits per heavy atom. The molecule has 1 N–H and O–H groups in total. The van der Waals surface area contributed by atoms with E-state index >= 15 is 0 Å². The van der Waals surface area contributed by atoms with Crippen LogP contribution in [-0.2, 0) is 4.79 Å². The topological polar surface area (TPSA) is 32.3 Å². The van der Waals surface area contributed by atoms with Crippen molar-refractivity contribution in [1.82, 2.24) is 10.2 Å². The van der Waals surface area contributed by atoms with Crippen molar-refractivity contribution in [2.75, 3.05) is 0 Å². The Kier molecular flexibility index (Phi) is 3.60. The number of carbonyl (C=O) groups excluding carboxylic acids is 1. The molecule has 0 radical (unpaired) electrons. The third-order valence-electron chi connectivity index (χ3n) is 5.20. The lowest BCUT2D eigenvalue weighted by Crippen LogP contribution is -2.47. The molecule has 2 unspecified atom stereocenters. The highest BCUT2D eigenvalue weighted by atomic mass is 16.2. The Hall–Kier alpha value is -0.570. The van der Waals surface area contributed by atoms with Crippen LogP contribution in [0.1, 0.15) is 64.7 Å². The average Bonchev–Trinajstić information content (AvgIpc) is 3.08. The SMILES string of the molecule is CCC1NC(C2CCCC2)N(C2CCCC2)C1=O. The summed E-state index contributed by atoms with van der Waals surface area (Å²) in [5, 5.41) is 3.64. The van der Waals surface area contributed by atoms with Crippen LogP contribution in [0.15, 0.2) is 0 Å². The monoisotopic (exact) mass is 250 g/mol. The third kappa shape index (κ3) is 2.07. The van der Waals surface area contributed by atoms with Gasteiger partial charge in [-0.1, -0.05) is 32.6 Å². The van der Waals surface area contributed by atoms with Crippen molar-refractivity contribution in [1.29, 1.82) is 0 Å². The molecule has 3 aliphatic rings. The fraction of sp³-hybridized carbons (Fsp3) is 0.933. The zero-order valence-electron chi connectivity index (χ0n) is 11.5. The number of nitrogens with one attached hydrogen (secondary N) is 1. The Labute approximate surface area is 110 Å². The number of amides is 1. The molecule has 3 rings (SSSR count).